The molecule has 0 aromatic heterocycles. The van der Waals surface area contributed by atoms with E-state index in [2.05, 4.69) is 6.58 Å². The lowest BCUT2D eigenvalue weighted by Gasteiger charge is -2.26. The molecule has 0 saturated heterocycles. The maximum absolute atomic E-state index is 12.3. The molecule has 0 unspecified atom stereocenters. The molecule has 4 heteroatoms. The fraction of sp³-hybridized carbons (Fsp3) is 0.308. The number of carbonyl (C=O) groups is 1. The number of carbonyl (C=O) groups excluding carboxylic acids is 1. The highest BCUT2D eigenvalue weighted by atomic mass is 35.5. The Balaban J connectivity index is 3.13. The van der Waals surface area contributed by atoms with Crippen LogP contribution in [0.5, 0.6) is 0 Å². The molecule has 0 saturated carbocycles. The molecule has 2 N–H and O–H groups in total. The van der Waals surface area contributed by atoms with Gasteiger partial charge in [-0.15, -0.1) is 6.58 Å². The molecule has 0 aliphatic rings. The summed E-state index contributed by atoms with van der Waals surface area (Å²) in [5.74, 6) is -0.164. The molecule has 17 heavy (non-hydrogen) atoms. The zero-order chi connectivity index (χ0) is 13.0. The van der Waals surface area contributed by atoms with E-state index in [1.807, 2.05) is 13.8 Å². The Kier molecular flexibility index (Phi) is 4.58. The molecule has 1 aromatic carbocycles. The largest absolute Gasteiger partial charge is 0.398 e. The quantitative estimate of drug-likeness (QED) is 0.662. The maximum Gasteiger partial charge on any atom is 0.257 e. The van der Waals surface area contributed by atoms with E-state index in [0.717, 1.165) is 0 Å². The fourth-order valence-electron chi connectivity index (χ4n) is 1.58. The smallest absolute Gasteiger partial charge is 0.257 e. The summed E-state index contributed by atoms with van der Waals surface area (Å²) in [4.78, 5) is 14.0. The first-order valence-corrected chi connectivity index (χ1v) is 5.82. The second-order valence-corrected chi connectivity index (χ2v) is 4.45. The van der Waals surface area contributed by atoms with Gasteiger partial charge in [0.2, 0.25) is 0 Å². The molecule has 1 amide bonds. The van der Waals surface area contributed by atoms with Crippen molar-refractivity contribution in [2.75, 3.05) is 12.3 Å². The van der Waals surface area contributed by atoms with E-state index in [1.54, 1.807) is 29.2 Å². The van der Waals surface area contributed by atoms with Crippen molar-refractivity contribution < 1.29 is 4.79 Å². The van der Waals surface area contributed by atoms with Crippen LogP contribution in [0.15, 0.2) is 30.9 Å². The molecule has 0 bridgehead atoms. The van der Waals surface area contributed by atoms with Crippen molar-refractivity contribution in [3.63, 3.8) is 0 Å². The lowest BCUT2D eigenvalue weighted by Crippen LogP contribution is -2.37. The van der Waals surface area contributed by atoms with E-state index in [9.17, 15) is 4.79 Å². The first kappa shape index (κ1) is 13.6. The number of hydrogen-bond acceptors (Lipinski definition) is 2. The summed E-state index contributed by atoms with van der Waals surface area (Å²) in [6, 6.07) is 5.13. The molecule has 0 aliphatic heterocycles. The van der Waals surface area contributed by atoms with Gasteiger partial charge in [0, 0.05) is 18.3 Å². The molecule has 1 rings (SSSR count). The van der Waals surface area contributed by atoms with Crippen molar-refractivity contribution in [3.8, 4) is 0 Å². The third-order valence-corrected chi connectivity index (χ3v) is 2.78. The third-order valence-electron chi connectivity index (χ3n) is 2.47. The summed E-state index contributed by atoms with van der Waals surface area (Å²) >= 11 is 6.02. The monoisotopic (exact) mass is 252 g/mol. The molecule has 0 heterocycles. The van der Waals surface area contributed by atoms with Crippen LogP contribution in [0, 0.1) is 0 Å². The summed E-state index contributed by atoms with van der Waals surface area (Å²) in [6.45, 7) is 8.00. The van der Waals surface area contributed by atoms with E-state index in [0.29, 0.717) is 22.8 Å². The maximum atomic E-state index is 12.3. The molecule has 0 fully saturated rings. The number of anilines is 1. The second-order valence-electron chi connectivity index (χ2n) is 4.04. The summed E-state index contributed by atoms with van der Waals surface area (Å²) in [5, 5.41) is 0.379. The molecular formula is C13H17ClN2O. The zero-order valence-electron chi connectivity index (χ0n) is 10.1. The van der Waals surface area contributed by atoms with Gasteiger partial charge in [0.1, 0.15) is 0 Å². The average molecular weight is 253 g/mol. The van der Waals surface area contributed by atoms with Crippen molar-refractivity contribution in [2.24, 2.45) is 0 Å². The predicted octanol–water partition coefficient (Wildman–Crippen LogP) is 2.96. The van der Waals surface area contributed by atoms with Gasteiger partial charge in [-0.25, -0.2) is 0 Å². The minimum absolute atomic E-state index is 0.0659. The SMILES string of the molecule is C=CCN(C(=O)c1c(N)cccc1Cl)C(C)C. The van der Waals surface area contributed by atoms with Gasteiger partial charge in [-0.3, -0.25) is 4.79 Å². The van der Waals surface area contributed by atoms with Gasteiger partial charge in [-0.1, -0.05) is 23.7 Å². The lowest BCUT2D eigenvalue weighted by atomic mass is 10.1. The molecule has 92 valence electrons. The number of nitrogens with two attached hydrogens (primary N) is 1. The van der Waals surface area contributed by atoms with Crippen LogP contribution in [-0.4, -0.2) is 23.4 Å². The number of hydrogen-bond donors (Lipinski definition) is 1. The van der Waals surface area contributed by atoms with Crippen LogP contribution in [0.2, 0.25) is 5.02 Å². The van der Waals surface area contributed by atoms with Crippen LogP contribution < -0.4 is 5.73 Å². The minimum Gasteiger partial charge on any atom is -0.398 e. The number of benzene rings is 1. The third kappa shape index (κ3) is 3.01. The number of nitrogen functional groups attached to an aromatic ring is 1. The van der Waals surface area contributed by atoms with Crippen molar-refractivity contribution >= 4 is 23.2 Å². The highest BCUT2D eigenvalue weighted by Crippen LogP contribution is 2.24. The summed E-state index contributed by atoms with van der Waals surface area (Å²) in [6.07, 6.45) is 1.69. The van der Waals surface area contributed by atoms with E-state index < -0.39 is 0 Å². The zero-order valence-corrected chi connectivity index (χ0v) is 10.9. The normalized spacial score (nSPS) is 10.4. The predicted molar refractivity (Wildman–Crippen MR) is 72.2 cm³/mol. The van der Waals surface area contributed by atoms with Gasteiger partial charge >= 0.3 is 0 Å². The van der Waals surface area contributed by atoms with Crippen LogP contribution in [0.3, 0.4) is 0 Å². The average Bonchev–Trinajstić information content (AvgIpc) is 2.24. The minimum atomic E-state index is -0.164. The lowest BCUT2D eigenvalue weighted by molar-refractivity contribution is 0.0730. The molecule has 1 aromatic rings. The summed E-state index contributed by atoms with van der Waals surface area (Å²) in [5.41, 5.74) is 6.56. The van der Waals surface area contributed by atoms with Gasteiger partial charge in [0.15, 0.2) is 0 Å². The van der Waals surface area contributed by atoms with Crippen LogP contribution in [0.4, 0.5) is 5.69 Å². The number of rotatable bonds is 4. The van der Waals surface area contributed by atoms with Crippen molar-refractivity contribution in [3.05, 3.63) is 41.4 Å². The fourth-order valence-corrected chi connectivity index (χ4v) is 1.84. The van der Waals surface area contributed by atoms with Gasteiger partial charge in [-0.05, 0) is 26.0 Å². The highest BCUT2D eigenvalue weighted by molar-refractivity contribution is 6.34. The Bertz CT molecular complexity index is 409. The Morgan fingerprint density at radius 2 is 2.24 bits per heavy atom. The van der Waals surface area contributed by atoms with Crippen LogP contribution in [0.25, 0.3) is 0 Å². The summed E-state index contributed by atoms with van der Waals surface area (Å²) in [7, 11) is 0. The van der Waals surface area contributed by atoms with E-state index in [1.165, 1.54) is 0 Å². The number of nitrogens with zero attached hydrogens (tertiary/aromatic N) is 1. The number of amides is 1. The van der Waals surface area contributed by atoms with Gasteiger partial charge in [-0.2, -0.15) is 0 Å². The van der Waals surface area contributed by atoms with Gasteiger partial charge in [0.05, 0.1) is 10.6 Å². The van der Waals surface area contributed by atoms with Crippen molar-refractivity contribution in [1.82, 2.24) is 4.90 Å². The molecule has 0 aliphatic carbocycles. The van der Waals surface area contributed by atoms with Crippen LogP contribution >= 0.6 is 11.6 Å². The highest BCUT2D eigenvalue weighted by Gasteiger charge is 2.21. The van der Waals surface area contributed by atoms with E-state index in [4.69, 9.17) is 17.3 Å². The van der Waals surface area contributed by atoms with Crippen molar-refractivity contribution in [2.45, 2.75) is 19.9 Å². The second kappa shape index (κ2) is 5.73. The Hall–Kier alpha value is -1.48. The Morgan fingerprint density at radius 1 is 1.59 bits per heavy atom. The van der Waals surface area contributed by atoms with Crippen LogP contribution in [0.1, 0.15) is 24.2 Å². The first-order chi connectivity index (χ1) is 7.99. The Morgan fingerprint density at radius 3 is 2.71 bits per heavy atom. The van der Waals surface area contributed by atoms with Gasteiger partial charge < -0.3 is 10.6 Å². The molecule has 0 spiro atoms. The molecule has 0 atom stereocenters. The Labute approximate surface area is 107 Å². The molecule has 0 radical (unpaired) electrons. The van der Waals surface area contributed by atoms with Crippen molar-refractivity contribution in [1.29, 1.82) is 0 Å². The topological polar surface area (TPSA) is 46.3 Å². The molecular weight excluding hydrogens is 236 g/mol. The molecule has 3 nitrogen and oxygen atoms in total. The van der Waals surface area contributed by atoms with E-state index >= 15 is 0 Å². The van der Waals surface area contributed by atoms with Crippen LogP contribution in [-0.2, 0) is 0 Å². The summed E-state index contributed by atoms with van der Waals surface area (Å²) < 4.78 is 0. The van der Waals surface area contributed by atoms with Gasteiger partial charge in [0.25, 0.3) is 5.91 Å². The first-order valence-electron chi connectivity index (χ1n) is 5.45. The number of halogens is 1. The van der Waals surface area contributed by atoms with E-state index in [-0.39, 0.29) is 11.9 Å². The standard InChI is InChI=1S/C13H17ClN2O/c1-4-8-16(9(2)3)13(17)12-10(14)6-5-7-11(12)15/h4-7,9H,1,8,15H2,2-3H3.